The molecule has 0 heterocycles. The molecule has 1 saturated carbocycles. The lowest BCUT2D eigenvalue weighted by Crippen LogP contribution is -2.21. The third kappa shape index (κ3) is 2.72. The Morgan fingerprint density at radius 3 is 1.75 bits per heavy atom. The minimum atomic E-state index is -2.64. The number of rotatable bonds is 5. The van der Waals surface area contributed by atoms with Crippen molar-refractivity contribution in [2.75, 3.05) is 6.16 Å². The quantitative estimate of drug-likeness (QED) is 0.858. The van der Waals surface area contributed by atoms with Crippen LogP contribution in [0.2, 0.25) is 0 Å². The van der Waals surface area contributed by atoms with Gasteiger partial charge in [-0.3, -0.25) is 0 Å². The van der Waals surface area contributed by atoms with Crippen molar-refractivity contribution in [3.05, 3.63) is 60.7 Å². The first-order valence-corrected chi connectivity index (χ1v) is 8.94. The average Bonchev–Trinajstić information content (AvgIpc) is 3.25. The highest BCUT2D eigenvalue weighted by atomic mass is 31.2. The third-order valence-corrected chi connectivity index (χ3v) is 7.18. The Morgan fingerprint density at radius 2 is 1.35 bits per heavy atom. The summed E-state index contributed by atoms with van der Waals surface area (Å²) in [7, 11) is -2.64. The maximum absolute atomic E-state index is 13.6. The lowest BCUT2D eigenvalue weighted by Gasteiger charge is -2.20. The van der Waals surface area contributed by atoms with Crippen molar-refractivity contribution in [1.29, 1.82) is 0 Å². The number of hydrogen-bond acceptors (Lipinski definition) is 2. The fraction of sp³-hybridized carbons (Fsp3) is 0.294. The van der Waals surface area contributed by atoms with Gasteiger partial charge < -0.3 is 9.67 Å². The Balaban J connectivity index is 1.96. The lowest BCUT2D eigenvalue weighted by molar-refractivity contribution is 0.147. The van der Waals surface area contributed by atoms with Crippen LogP contribution in [-0.2, 0) is 4.57 Å². The Labute approximate surface area is 119 Å². The van der Waals surface area contributed by atoms with E-state index in [0.29, 0.717) is 12.6 Å². The van der Waals surface area contributed by atoms with Gasteiger partial charge in [-0.1, -0.05) is 60.7 Å². The topological polar surface area (TPSA) is 37.3 Å². The number of aliphatic hydroxyl groups is 1. The van der Waals surface area contributed by atoms with Crippen molar-refractivity contribution < 1.29 is 9.67 Å². The van der Waals surface area contributed by atoms with Crippen molar-refractivity contribution in [3.63, 3.8) is 0 Å². The zero-order valence-electron chi connectivity index (χ0n) is 11.4. The van der Waals surface area contributed by atoms with Crippen LogP contribution in [0.5, 0.6) is 0 Å². The summed E-state index contributed by atoms with van der Waals surface area (Å²) in [5, 5.41) is 11.8. The summed E-state index contributed by atoms with van der Waals surface area (Å²) in [4.78, 5) is 0. The second-order valence-corrected chi connectivity index (χ2v) is 8.57. The number of hydrogen-bond donors (Lipinski definition) is 1. The van der Waals surface area contributed by atoms with Gasteiger partial charge in [-0.25, -0.2) is 0 Å². The molecule has 0 bridgehead atoms. The molecule has 2 aromatic rings. The van der Waals surface area contributed by atoms with Crippen LogP contribution in [0.1, 0.15) is 19.3 Å². The summed E-state index contributed by atoms with van der Waals surface area (Å²) < 4.78 is 13.6. The van der Waals surface area contributed by atoms with Gasteiger partial charge in [-0.2, -0.15) is 0 Å². The Morgan fingerprint density at radius 1 is 0.900 bits per heavy atom. The average molecular weight is 286 g/mol. The summed E-state index contributed by atoms with van der Waals surface area (Å²) in [6, 6.07) is 19.3. The van der Waals surface area contributed by atoms with Crippen LogP contribution in [0.15, 0.2) is 60.7 Å². The first-order chi connectivity index (χ1) is 9.62. The molecule has 1 aliphatic carbocycles. The fourth-order valence-electron chi connectivity index (χ4n) is 2.50. The molecule has 0 aromatic heterocycles. The molecule has 1 fully saturated rings. The molecule has 3 heteroatoms. The van der Waals surface area contributed by atoms with Crippen molar-refractivity contribution in [1.82, 2.24) is 0 Å². The largest absolute Gasteiger partial charge is 0.390 e. The molecule has 1 N–H and O–H groups in total. The van der Waals surface area contributed by atoms with Gasteiger partial charge >= 0.3 is 0 Å². The minimum Gasteiger partial charge on any atom is -0.390 e. The zero-order chi connectivity index (χ0) is 14.1. The van der Waals surface area contributed by atoms with Crippen LogP contribution < -0.4 is 10.6 Å². The molecule has 20 heavy (non-hydrogen) atoms. The van der Waals surface area contributed by atoms with E-state index in [2.05, 4.69) is 0 Å². The van der Waals surface area contributed by atoms with E-state index >= 15 is 0 Å². The second-order valence-electron chi connectivity index (χ2n) is 5.61. The molecule has 2 nitrogen and oxygen atoms in total. The zero-order valence-corrected chi connectivity index (χ0v) is 12.3. The van der Waals surface area contributed by atoms with Crippen molar-refractivity contribution in [2.24, 2.45) is 0 Å². The van der Waals surface area contributed by atoms with E-state index in [1.54, 1.807) is 0 Å². The molecular weight excluding hydrogens is 267 g/mol. The van der Waals surface area contributed by atoms with Crippen molar-refractivity contribution in [2.45, 2.75) is 24.9 Å². The third-order valence-electron chi connectivity index (χ3n) is 4.07. The maximum atomic E-state index is 13.6. The van der Waals surface area contributed by atoms with Crippen LogP contribution in [-0.4, -0.2) is 16.9 Å². The second kappa shape index (κ2) is 5.20. The van der Waals surface area contributed by atoms with Gasteiger partial charge in [0.1, 0.15) is 7.14 Å². The summed E-state index contributed by atoms with van der Waals surface area (Å²) in [5.41, 5.74) is -0.556. The number of benzene rings is 2. The van der Waals surface area contributed by atoms with Gasteiger partial charge in [-0.15, -0.1) is 0 Å². The van der Waals surface area contributed by atoms with Gasteiger partial charge in [0.25, 0.3) is 0 Å². The van der Waals surface area contributed by atoms with E-state index < -0.39 is 12.7 Å². The highest BCUT2D eigenvalue weighted by Gasteiger charge is 2.42. The Bertz CT molecular complexity index is 574. The SMILES string of the molecule is O=P(CCC1(O)CC1)(c1ccccc1)c1ccccc1. The van der Waals surface area contributed by atoms with Gasteiger partial charge in [-0.05, 0) is 19.3 Å². The molecule has 104 valence electrons. The van der Waals surface area contributed by atoms with Crippen LogP contribution in [0, 0.1) is 0 Å². The molecule has 2 aromatic carbocycles. The first kappa shape index (κ1) is 13.6. The smallest absolute Gasteiger partial charge is 0.143 e. The van der Waals surface area contributed by atoms with E-state index in [1.165, 1.54) is 0 Å². The van der Waals surface area contributed by atoms with Gasteiger partial charge in [0.05, 0.1) is 5.60 Å². The summed E-state index contributed by atoms with van der Waals surface area (Å²) in [6.45, 7) is 0. The molecule has 0 atom stereocenters. The Hall–Kier alpha value is -1.37. The lowest BCUT2D eigenvalue weighted by atomic mass is 10.3. The predicted octanol–water partition coefficient (Wildman–Crippen LogP) is 2.92. The standard InChI is InChI=1S/C17H19O2P/c18-17(11-12-17)13-14-20(19,15-7-3-1-4-8-15)16-9-5-2-6-10-16/h1-10,18H,11-14H2. The van der Waals surface area contributed by atoms with E-state index in [9.17, 15) is 9.67 Å². The van der Waals surface area contributed by atoms with Crippen LogP contribution in [0.4, 0.5) is 0 Å². The highest BCUT2D eigenvalue weighted by Crippen LogP contribution is 2.48. The van der Waals surface area contributed by atoms with Crippen LogP contribution in [0.25, 0.3) is 0 Å². The molecule has 3 rings (SSSR count). The molecule has 0 amide bonds. The van der Waals surface area contributed by atoms with Crippen LogP contribution >= 0.6 is 7.14 Å². The summed E-state index contributed by atoms with van der Waals surface area (Å²) >= 11 is 0. The van der Waals surface area contributed by atoms with Crippen molar-refractivity contribution in [3.8, 4) is 0 Å². The monoisotopic (exact) mass is 286 g/mol. The normalized spacial score (nSPS) is 16.9. The van der Waals surface area contributed by atoms with E-state index in [1.807, 2.05) is 60.7 Å². The highest BCUT2D eigenvalue weighted by molar-refractivity contribution is 7.78. The first-order valence-electron chi connectivity index (χ1n) is 7.05. The minimum absolute atomic E-state index is 0.539. The van der Waals surface area contributed by atoms with Gasteiger partial charge in [0.15, 0.2) is 0 Å². The Kier molecular flexibility index (Phi) is 3.54. The van der Waals surface area contributed by atoms with Crippen LogP contribution in [0.3, 0.4) is 0 Å². The molecule has 0 unspecified atom stereocenters. The molecule has 0 saturated heterocycles. The molecule has 1 aliphatic rings. The van der Waals surface area contributed by atoms with E-state index in [-0.39, 0.29) is 0 Å². The van der Waals surface area contributed by atoms with E-state index in [4.69, 9.17) is 0 Å². The van der Waals surface area contributed by atoms with Crippen molar-refractivity contribution >= 4 is 17.8 Å². The van der Waals surface area contributed by atoms with E-state index in [0.717, 1.165) is 23.5 Å². The molecule has 0 spiro atoms. The molecular formula is C17H19O2P. The van der Waals surface area contributed by atoms with Gasteiger partial charge in [0, 0.05) is 16.8 Å². The van der Waals surface area contributed by atoms with Gasteiger partial charge in [0.2, 0.25) is 0 Å². The molecule has 0 radical (unpaired) electrons. The maximum Gasteiger partial charge on any atom is 0.143 e. The summed E-state index contributed by atoms with van der Waals surface area (Å²) in [6.07, 6.45) is 2.85. The molecule has 0 aliphatic heterocycles. The summed E-state index contributed by atoms with van der Waals surface area (Å²) in [5.74, 6) is 0. The predicted molar refractivity (Wildman–Crippen MR) is 83.4 cm³/mol. The fourth-order valence-corrected chi connectivity index (χ4v) is 5.36.